The summed E-state index contributed by atoms with van der Waals surface area (Å²) in [6, 6.07) is 17.2. The van der Waals surface area contributed by atoms with Crippen LogP contribution in [0.5, 0.6) is 0 Å². The van der Waals surface area contributed by atoms with E-state index < -0.39 is 0 Å². The van der Waals surface area contributed by atoms with Crippen LogP contribution in [0.2, 0.25) is 0 Å². The quantitative estimate of drug-likeness (QED) is 0.583. The highest BCUT2D eigenvalue weighted by Gasteiger charge is 2.13. The molecule has 0 spiro atoms. The SMILES string of the molecule is CCCCC(Nc1c(Br)cccc1Br)c1ccccc1. The fourth-order valence-electron chi connectivity index (χ4n) is 2.23. The lowest BCUT2D eigenvalue weighted by Gasteiger charge is -2.22. The molecule has 1 nitrogen and oxygen atoms in total. The smallest absolute Gasteiger partial charge is 0.0633 e. The Bertz CT molecular complexity index is 520. The molecule has 0 aliphatic carbocycles. The molecule has 0 heterocycles. The molecule has 1 N–H and O–H groups in total. The summed E-state index contributed by atoms with van der Waals surface area (Å²) in [5, 5.41) is 3.67. The normalized spacial score (nSPS) is 12.2. The van der Waals surface area contributed by atoms with E-state index >= 15 is 0 Å². The third kappa shape index (κ3) is 4.10. The molecule has 0 aliphatic rings. The third-order valence-corrected chi connectivity index (χ3v) is 4.65. The van der Waals surface area contributed by atoms with E-state index in [1.807, 2.05) is 6.07 Å². The van der Waals surface area contributed by atoms with Crippen molar-refractivity contribution >= 4 is 37.5 Å². The molecule has 0 saturated heterocycles. The van der Waals surface area contributed by atoms with Crippen molar-refractivity contribution in [1.82, 2.24) is 0 Å². The second-order valence-corrected chi connectivity index (χ2v) is 6.56. The second-order valence-electron chi connectivity index (χ2n) is 4.85. The average Bonchev–Trinajstić information content (AvgIpc) is 2.47. The van der Waals surface area contributed by atoms with Gasteiger partial charge in [0.1, 0.15) is 0 Å². The highest BCUT2D eigenvalue weighted by Crippen LogP contribution is 2.34. The fourth-order valence-corrected chi connectivity index (χ4v) is 3.45. The lowest BCUT2D eigenvalue weighted by molar-refractivity contribution is 0.634. The summed E-state index contributed by atoms with van der Waals surface area (Å²) in [6.45, 7) is 2.23. The summed E-state index contributed by atoms with van der Waals surface area (Å²) in [4.78, 5) is 0. The molecule has 0 aromatic heterocycles. The van der Waals surface area contributed by atoms with Crippen molar-refractivity contribution in [3.8, 4) is 0 Å². The molecule has 106 valence electrons. The van der Waals surface area contributed by atoms with Crippen LogP contribution in [0.4, 0.5) is 5.69 Å². The molecule has 0 amide bonds. The minimum absolute atomic E-state index is 0.339. The van der Waals surface area contributed by atoms with Gasteiger partial charge < -0.3 is 5.32 Å². The summed E-state index contributed by atoms with van der Waals surface area (Å²) in [5.41, 5.74) is 2.46. The van der Waals surface area contributed by atoms with Gasteiger partial charge in [0.15, 0.2) is 0 Å². The van der Waals surface area contributed by atoms with Crippen molar-refractivity contribution in [1.29, 1.82) is 0 Å². The van der Waals surface area contributed by atoms with Gasteiger partial charge in [-0.3, -0.25) is 0 Å². The van der Waals surface area contributed by atoms with Crippen molar-refractivity contribution in [2.45, 2.75) is 32.2 Å². The van der Waals surface area contributed by atoms with Gasteiger partial charge in [0.2, 0.25) is 0 Å². The minimum Gasteiger partial charge on any atom is -0.376 e. The summed E-state index contributed by atoms with van der Waals surface area (Å²) >= 11 is 7.25. The Morgan fingerprint density at radius 2 is 1.60 bits per heavy atom. The Morgan fingerprint density at radius 1 is 0.950 bits per heavy atom. The fraction of sp³-hybridized carbons (Fsp3) is 0.294. The van der Waals surface area contributed by atoms with E-state index in [4.69, 9.17) is 0 Å². The van der Waals surface area contributed by atoms with Crippen molar-refractivity contribution in [3.63, 3.8) is 0 Å². The molecule has 0 aliphatic heterocycles. The molecule has 1 atom stereocenters. The number of halogens is 2. The minimum atomic E-state index is 0.339. The second kappa shape index (κ2) is 7.84. The number of unbranched alkanes of at least 4 members (excludes halogenated alkanes) is 1. The molecule has 2 rings (SSSR count). The molecule has 0 radical (unpaired) electrons. The van der Waals surface area contributed by atoms with E-state index in [0.29, 0.717) is 6.04 Å². The number of hydrogen-bond donors (Lipinski definition) is 1. The van der Waals surface area contributed by atoms with Gasteiger partial charge in [-0.2, -0.15) is 0 Å². The Labute approximate surface area is 138 Å². The number of benzene rings is 2. The van der Waals surface area contributed by atoms with Gasteiger partial charge in [-0.15, -0.1) is 0 Å². The molecule has 0 saturated carbocycles. The number of anilines is 1. The van der Waals surface area contributed by atoms with Crippen molar-refractivity contribution < 1.29 is 0 Å². The zero-order valence-electron chi connectivity index (χ0n) is 11.6. The maximum Gasteiger partial charge on any atom is 0.0633 e. The van der Waals surface area contributed by atoms with Crippen molar-refractivity contribution in [3.05, 3.63) is 63.0 Å². The summed E-state index contributed by atoms with van der Waals surface area (Å²) in [7, 11) is 0. The van der Waals surface area contributed by atoms with Crippen LogP contribution in [0.3, 0.4) is 0 Å². The van der Waals surface area contributed by atoms with Crippen LogP contribution in [0.25, 0.3) is 0 Å². The maximum atomic E-state index is 3.67. The first-order valence-corrected chi connectivity index (χ1v) is 8.56. The standard InChI is InChI=1S/C17H19Br2N/c1-2-3-12-16(13-8-5-4-6-9-13)20-17-14(18)10-7-11-15(17)19/h4-11,16,20H,2-3,12H2,1H3. The predicted molar refractivity (Wildman–Crippen MR) is 94.2 cm³/mol. The lowest BCUT2D eigenvalue weighted by Crippen LogP contribution is -2.11. The monoisotopic (exact) mass is 395 g/mol. The summed E-state index contributed by atoms with van der Waals surface area (Å²) in [5.74, 6) is 0. The van der Waals surface area contributed by atoms with Gasteiger partial charge in [0.25, 0.3) is 0 Å². The van der Waals surface area contributed by atoms with Crippen LogP contribution in [-0.4, -0.2) is 0 Å². The van der Waals surface area contributed by atoms with E-state index in [1.54, 1.807) is 0 Å². The highest BCUT2D eigenvalue weighted by molar-refractivity contribution is 9.11. The summed E-state index contributed by atoms with van der Waals surface area (Å²) in [6.07, 6.45) is 3.56. The Balaban J connectivity index is 2.24. The molecule has 1 unspecified atom stereocenters. The molecule has 0 bridgehead atoms. The Kier molecular flexibility index (Phi) is 6.11. The van der Waals surface area contributed by atoms with Crippen molar-refractivity contribution in [2.24, 2.45) is 0 Å². The summed E-state index contributed by atoms with van der Waals surface area (Å²) < 4.78 is 2.17. The van der Waals surface area contributed by atoms with Gasteiger partial charge in [-0.25, -0.2) is 0 Å². The topological polar surface area (TPSA) is 12.0 Å². The van der Waals surface area contributed by atoms with Gasteiger partial charge in [-0.1, -0.05) is 56.2 Å². The molecule has 3 heteroatoms. The van der Waals surface area contributed by atoms with E-state index in [9.17, 15) is 0 Å². The van der Waals surface area contributed by atoms with Gasteiger partial charge >= 0.3 is 0 Å². The van der Waals surface area contributed by atoms with Crippen LogP contribution in [0.1, 0.15) is 37.8 Å². The molecular formula is C17H19Br2N. The molecular weight excluding hydrogens is 378 g/mol. The van der Waals surface area contributed by atoms with E-state index in [2.05, 4.69) is 86.6 Å². The van der Waals surface area contributed by atoms with Gasteiger partial charge in [0.05, 0.1) is 11.7 Å². The molecule has 2 aromatic carbocycles. The largest absolute Gasteiger partial charge is 0.376 e. The zero-order chi connectivity index (χ0) is 14.4. The maximum absolute atomic E-state index is 3.67. The first-order chi connectivity index (χ1) is 9.72. The van der Waals surface area contributed by atoms with E-state index in [1.165, 1.54) is 18.4 Å². The lowest BCUT2D eigenvalue weighted by atomic mass is 10.0. The van der Waals surface area contributed by atoms with E-state index in [0.717, 1.165) is 21.1 Å². The third-order valence-electron chi connectivity index (χ3n) is 3.33. The van der Waals surface area contributed by atoms with Crippen LogP contribution < -0.4 is 5.32 Å². The first-order valence-electron chi connectivity index (χ1n) is 6.98. The first kappa shape index (κ1) is 15.6. The van der Waals surface area contributed by atoms with Crippen LogP contribution in [0.15, 0.2) is 57.5 Å². The Hall–Kier alpha value is -0.800. The van der Waals surface area contributed by atoms with Gasteiger partial charge in [0, 0.05) is 8.95 Å². The van der Waals surface area contributed by atoms with Crippen LogP contribution in [0, 0.1) is 0 Å². The molecule has 20 heavy (non-hydrogen) atoms. The average molecular weight is 397 g/mol. The van der Waals surface area contributed by atoms with E-state index in [-0.39, 0.29) is 0 Å². The highest BCUT2D eigenvalue weighted by atomic mass is 79.9. The number of rotatable bonds is 6. The molecule has 2 aromatic rings. The Morgan fingerprint density at radius 3 is 2.20 bits per heavy atom. The van der Waals surface area contributed by atoms with Crippen LogP contribution >= 0.6 is 31.9 Å². The zero-order valence-corrected chi connectivity index (χ0v) is 14.7. The van der Waals surface area contributed by atoms with Crippen LogP contribution in [-0.2, 0) is 0 Å². The number of hydrogen-bond acceptors (Lipinski definition) is 1. The number of nitrogens with one attached hydrogen (secondary N) is 1. The number of para-hydroxylation sites is 1. The van der Waals surface area contributed by atoms with Gasteiger partial charge in [-0.05, 0) is 56.0 Å². The predicted octanol–water partition coefficient (Wildman–Crippen LogP) is 6.56. The molecule has 0 fully saturated rings. The van der Waals surface area contributed by atoms with Crippen molar-refractivity contribution in [2.75, 3.05) is 5.32 Å².